The van der Waals surface area contributed by atoms with Gasteiger partial charge in [-0.2, -0.15) is 0 Å². The fourth-order valence-corrected chi connectivity index (χ4v) is 2.45. The Labute approximate surface area is 158 Å². The SMILES string of the molecule is Cc1cc(CNC(=O)c2ccc(NC(=O)c3cc(F)cc(F)c3)cc2O)on1. The molecule has 3 rings (SSSR count). The van der Waals surface area contributed by atoms with E-state index >= 15 is 0 Å². The lowest BCUT2D eigenvalue weighted by molar-refractivity contribution is 0.0944. The van der Waals surface area contributed by atoms with E-state index in [4.69, 9.17) is 4.52 Å². The number of carbonyl (C=O) groups is 2. The standard InChI is InChI=1S/C19H15F2N3O4/c1-10-4-15(28-24-10)9-22-19(27)16-3-2-14(8-17(16)25)23-18(26)11-5-12(20)7-13(21)6-11/h2-8,25H,9H2,1H3,(H,22,27)(H,23,26). The number of benzene rings is 2. The average molecular weight is 387 g/mol. The summed E-state index contributed by atoms with van der Waals surface area (Å²) in [5.74, 6) is -3.03. The molecule has 0 fully saturated rings. The van der Waals surface area contributed by atoms with Crippen LogP contribution in [0.2, 0.25) is 0 Å². The summed E-state index contributed by atoms with van der Waals surface area (Å²) in [4.78, 5) is 24.3. The van der Waals surface area contributed by atoms with E-state index in [9.17, 15) is 23.5 Å². The number of halogens is 2. The predicted molar refractivity (Wildman–Crippen MR) is 94.8 cm³/mol. The second-order valence-electron chi connectivity index (χ2n) is 5.96. The summed E-state index contributed by atoms with van der Waals surface area (Å²) in [6.45, 7) is 1.83. The van der Waals surface area contributed by atoms with Gasteiger partial charge in [0, 0.05) is 29.4 Å². The fraction of sp³-hybridized carbons (Fsp3) is 0.105. The average Bonchev–Trinajstić information content (AvgIpc) is 3.04. The van der Waals surface area contributed by atoms with Gasteiger partial charge in [-0.25, -0.2) is 8.78 Å². The van der Waals surface area contributed by atoms with Crippen molar-refractivity contribution in [3.05, 3.63) is 76.7 Å². The normalized spacial score (nSPS) is 10.5. The quantitative estimate of drug-likeness (QED) is 0.624. The molecule has 9 heteroatoms. The van der Waals surface area contributed by atoms with Gasteiger partial charge in [-0.15, -0.1) is 0 Å². The maximum atomic E-state index is 13.2. The van der Waals surface area contributed by atoms with Gasteiger partial charge in [-0.05, 0) is 31.2 Å². The van der Waals surface area contributed by atoms with Gasteiger partial charge in [-0.3, -0.25) is 9.59 Å². The van der Waals surface area contributed by atoms with Crippen LogP contribution >= 0.6 is 0 Å². The third-order valence-corrected chi connectivity index (χ3v) is 3.72. The Kier molecular flexibility index (Phi) is 5.35. The van der Waals surface area contributed by atoms with Gasteiger partial charge in [-0.1, -0.05) is 5.16 Å². The molecule has 0 atom stereocenters. The molecular formula is C19H15F2N3O4. The topological polar surface area (TPSA) is 104 Å². The summed E-state index contributed by atoms with van der Waals surface area (Å²) < 4.78 is 31.4. The molecule has 28 heavy (non-hydrogen) atoms. The van der Waals surface area contributed by atoms with Gasteiger partial charge < -0.3 is 20.3 Å². The zero-order valence-corrected chi connectivity index (χ0v) is 14.6. The summed E-state index contributed by atoms with van der Waals surface area (Å²) in [6.07, 6.45) is 0. The molecule has 3 N–H and O–H groups in total. The highest BCUT2D eigenvalue weighted by molar-refractivity contribution is 6.05. The van der Waals surface area contributed by atoms with Gasteiger partial charge in [0.05, 0.1) is 17.8 Å². The van der Waals surface area contributed by atoms with Crippen LogP contribution in [0.5, 0.6) is 5.75 Å². The molecule has 0 aliphatic carbocycles. The third kappa shape index (κ3) is 4.50. The van der Waals surface area contributed by atoms with Crippen LogP contribution in [-0.4, -0.2) is 22.1 Å². The monoisotopic (exact) mass is 387 g/mol. The minimum absolute atomic E-state index is 0.0222. The van der Waals surface area contributed by atoms with Crippen molar-refractivity contribution in [1.29, 1.82) is 0 Å². The van der Waals surface area contributed by atoms with Gasteiger partial charge in [0.15, 0.2) is 5.76 Å². The minimum atomic E-state index is -0.887. The number of nitrogens with one attached hydrogen (secondary N) is 2. The molecule has 1 aromatic heterocycles. The Morgan fingerprint density at radius 2 is 1.79 bits per heavy atom. The molecule has 0 saturated heterocycles. The second kappa shape index (κ2) is 7.87. The summed E-state index contributed by atoms with van der Waals surface area (Å²) >= 11 is 0. The number of aryl methyl sites for hydroxylation is 1. The molecule has 1 heterocycles. The van der Waals surface area contributed by atoms with Crippen LogP contribution in [-0.2, 0) is 6.54 Å². The summed E-state index contributed by atoms with van der Waals surface area (Å²) in [5, 5.41) is 18.7. The van der Waals surface area contributed by atoms with Gasteiger partial charge >= 0.3 is 0 Å². The van der Waals surface area contributed by atoms with E-state index < -0.39 is 23.4 Å². The summed E-state index contributed by atoms with van der Waals surface area (Å²) in [5.41, 5.74) is 0.576. The highest BCUT2D eigenvalue weighted by atomic mass is 19.1. The number of anilines is 1. The van der Waals surface area contributed by atoms with Crippen LogP contribution in [0, 0.1) is 18.6 Å². The lowest BCUT2D eigenvalue weighted by Crippen LogP contribution is -2.22. The molecular weight excluding hydrogens is 372 g/mol. The maximum absolute atomic E-state index is 13.2. The van der Waals surface area contributed by atoms with Gasteiger partial charge in [0.1, 0.15) is 17.4 Å². The second-order valence-corrected chi connectivity index (χ2v) is 5.96. The van der Waals surface area contributed by atoms with E-state index in [0.717, 1.165) is 18.2 Å². The smallest absolute Gasteiger partial charge is 0.255 e. The van der Waals surface area contributed by atoms with Crippen LogP contribution in [0.15, 0.2) is 47.0 Å². The van der Waals surface area contributed by atoms with E-state index in [1.165, 1.54) is 12.1 Å². The molecule has 0 radical (unpaired) electrons. The van der Waals surface area contributed by atoms with Crippen molar-refractivity contribution in [2.75, 3.05) is 5.32 Å². The zero-order valence-electron chi connectivity index (χ0n) is 14.6. The fourth-order valence-electron chi connectivity index (χ4n) is 2.45. The number of amides is 2. The van der Waals surface area contributed by atoms with Gasteiger partial charge in [0.25, 0.3) is 11.8 Å². The van der Waals surface area contributed by atoms with Crippen LogP contribution < -0.4 is 10.6 Å². The van der Waals surface area contributed by atoms with E-state index in [2.05, 4.69) is 15.8 Å². The molecule has 2 aromatic carbocycles. The van der Waals surface area contributed by atoms with Crippen molar-refractivity contribution >= 4 is 17.5 Å². The number of nitrogens with zero attached hydrogens (tertiary/aromatic N) is 1. The molecule has 0 aliphatic heterocycles. The van der Waals surface area contributed by atoms with Crippen LogP contribution in [0.3, 0.4) is 0 Å². The van der Waals surface area contributed by atoms with Crippen molar-refractivity contribution in [2.24, 2.45) is 0 Å². The Balaban J connectivity index is 1.67. The highest BCUT2D eigenvalue weighted by Crippen LogP contribution is 2.23. The van der Waals surface area contributed by atoms with Crippen molar-refractivity contribution in [1.82, 2.24) is 10.5 Å². The van der Waals surface area contributed by atoms with Crippen LogP contribution in [0.25, 0.3) is 0 Å². The lowest BCUT2D eigenvalue weighted by atomic mass is 10.1. The first-order chi connectivity index (χ1) is 13.3. The first kappa shape index (κ1) is 19.0. The Hall–Kier alpha value is -3.75. The van der Waals surface area contributed by atoms with Gasteiger partial charge in [0.2, 0.25) is 0 Å². The van der Waals surface area contributed by atoms with Crippen molar-refractivity contribution in [3.63, 3.8) is 0 Å². The molecule has 0 spiro atoms. The van der Waals surface area contributed by atoms with Crippen LogP contribution in [0.1, 0.15) is 32.2 Å². The Bertz CT molecular complexity index is 1030. The van der Waals surface area contributed by atoms with Crippen molar-refractivity contribution in [2.45, 2.75) is 13.5 Å². The highest BCUT2D eigenvalue weighted by Gasteiger charge is 2.15. The summed E-state index contributed by atoms with van der Waals surface area (Å²) in [7, 11) is 0. The molecule has 0 unspecified atom stereocenters. The van der Waals surface area contributed by atoms with E-state index in [1.807, 2.05) is 0 Å². The molecule has 0 bridgehead atoms. The molecule has 0 aliphatic rings. The van der Waals surface area contributed by atoms with Crippen molar-refractivity contribution < 1.29 is 28.0 Å². The number of hydrogen-bond acceptors (Lipinski definition) is 5. The first-order valence-electron chi connectivity index (χ1n) is 8.12. The molecule has 7 nitrogen and oxygen atoms in total. The van der Waals surface area contributed by atoms with E-state index in [0.29, 0.717) is 17.5 Å². The number of aromatic hydroxyl groups is 1. The Morgan fingerprint density at radius 1 is 1.07 bits per heavy atom. The Morgan fingerprint density at radius 3 is 2.39 bits per heavy atom. The molecule has 144 valence electrons. The number of carbonyl (C=O) groups excluding carboxylic acids is 2. The number of phenolic OH excluding ortho intramolecular Hbond substituents is 1. The minimum Gasteiger partial charge on any atom is -0.507 e. The molecule has 3 aromatic rings. The molecule has 2 amide bonds. The van der Waals surface area contributed by atoms with E-state index in [-0.39, 0.29) is 29.1 Å². The third-order valence-electron chi connectivity index (χ3n) is 3.72. The lowest BCUT2D eigenvalue weighted by Gasteiger charge is -2.09. The number of rotatable bonds is 5. The van der Waals surface area contributed by atoms with Crippen LogP contribution in [0.4, 0.5) is 14.5 Å². The van der Waals surface area contributed by atoms with Crippen molar-refractivity contribution in [3.8, 4) is 5.75 Å². The number of phenols is 1. The molecule has 0 saturated carbocycles. The number of hydrogen-bond donors (Lipinski definition) is 3. The zero-order chi connectivity index (χ0) is 20.3. The summed E-state index contributed by atoms with van der Waals surface area (Å²) in [6, 6.07) is 7.90. The van der Waals surface area contributed by atoms with E-state index in [1.54, 1.807) is 13.0 Å². The predicted octanol–water partition coefficient (Wildman–Crippen LogP) is 3.15. The number of aromatic nitrogens is 1. The largest absolute Gasteiger partial charge is 0.507 e. The maximum Gasteiger partial charge on any atom is 0.255 e. The first-order valence-corrected chi connectivity index (χ1v) is 8.12.